The van der Waals surface area contributed by atoms with Crippen molar-refractivity contribution in [3.63, 3.8) is 0 Å². The first-order chi connectivity index (χ1) is 9.36. The molecule has 0 bridgehead atoms. The third-order valence-corrected chi connectivity index (χ3v) is 5.44. The average Bonchev–Trinajstić information content (AvgIpc) is 2.84. The highest BCUT2D eigenvalue weighted by atomic mass is 32.2. The summed E-state index contributed by atoms with van der Waals surface area (Å²) >= 11 is 3.59. The molecule has 0 aliphatic carbocycles. The molecule has 2 fully saturated rings. The first-order valence-electron chi connectivity index (χ1n) is 6.75. The first kappa shape index (κ1) is 13.6. The maximum absolute atomic E-state index is 5.05. The van der Waals surface area contributed by atoms with Gasteiger partial charge in [0.25, 0.3) is 0 Å². The summed E-state index contributed by atoms with van der Waals surface area (Å²) in [5.74, 6) is 3.49. The van der Waals surface area contributed by atoms with E-state index in [1.807, 2.05) is 0 Å². The molecule has 0 atom stereocenters. The molecular formula is C12H20N4OS2. The van der Waals surface area contributed by atoms with E-state index in [1.165, 1.54) is 36.1 Å². The van der Waals surface area contributed by atoms with Gasteiger partial charge in [-0.2, -0.15) is 16.1 Å². The van der Waals surface area contributed by atoms with Crippen molar-refractivity contribution in [2.24, 2.45) is 0 Å². The molecule has 0 radical (unpaired) electrons. The van der Waals surface area contributed by atoms with Gasteiger partial charge in [-0.05, 0) is 0 Å². The summed E-state index contributed by atoms with van der Waals surface area (Å²) in [7, 11) is 1.71. The Morgan fingerprint density at radius 1 is 1.32 bits per heavy atom. The zero-order chi connectivity index (χ0) is 13.1. The van der Waals surface area contributed by atoms with E-state index in [0.717, 1.165) is 36.5 Å². The number of anilines is 1. The SMILES string of the molecule is COCCc1nsc(N2CC(N3CCSCC3)C2)n1. The Morgan fingerprint density at radius 3 is 2.84 bits per heavy atom. The van der Waals surface area contributed by atoms with Crippen LogP contribution in [0.25, 0.3) is 0 Å². The summed E-state index contributed by atoms with van der Waals surface area (Å²) in [4.78, 5) is 9.55. The molecule has 3 heterocycles. The van der Waals surface area contributed by atoms with E-state index in [0.29, 0.717) is 6.61 Å². The van der Waals surface area contributed by atoms with Crippen molar-refractivity contribution in [3.05, 3.63) is 5.82 Å². The minimum absolute atomic E-state index is 0.699. The van der Waals surface area contributed by atoms with Crippen molar-refractivity contribution in [2.45, 2.75) is 12.5 Å². The maximum Gasteiger partial charge on any atom is 0.205 e. The van der Waals surface area contributed by atoms with Crippen molar-refractivity contribution in [1.82, 2.24) is 14.3 Å². The highest BCUT2D eigenvalue weighted by Gasteiger charge is 2.34. The van der Waals surface area contributed by atoms with Gasteiger partial charge in [-0.3, -0.25) is 4.90 Å². The molecule has 106 valence electrons. The number of aromatic nitrogens is 2. The van der Waals surface area contributed by atoms with Crippen LogP contribution >= 0.6 is 23.3 Å². The summed E-state index contributed by atoms with van der Waals surface area (Å²) in [6.07, 6.45) is 0.813. The smallest absolute Gasteiger partial charge is 0.205 e. The fourth-order valence-electron chi connectivity index (χ4n) is 2.45. The highest BCUT2D eigenvalue weighted by Crippen LogP contribution is 2.26. The minimum Gasteiger partial charge on any atom is -0.384 e. The average molecular weight is 300 g/mol. The highest BCUT2D eigenvalue weighted by molar-refractivity contribution is 7.99. The number of methoxy groups -OCH3 is 1. The fraction of sp³-hybridized carbons (Fsp3) is 0.833. The second-order valence-corrected chi connectivity index (χ2v) is 6.90. The van der Waals surface area contributed by atoms with Crippen molar-refractivity contribution in [2.75, 3.05) is 56.3 Å². The van der Waals surface area contributed by atoms with Crippen molar-refractivity contribution < 1.29 is 4.74 Å². The number of nitrogens with zero attached hydrogens (tertiary/aromatic N) is 4. The molecular weight excluding hydrogens is 280 g/mol. The van der Waals surface area contributed by atoms with Crippen LogP contribution in [0.1, 0.15) is 5.82 Å². The van der Waals surface area contributed by atoms with Gasteiger partial charge in [0.1, 0.15) is 5.82 Å². The van der Waals surface area contributed by atoms with E-state index in [4.69, 9.17) is 4.74 Å². The topological polar surface area (TPSA) is 41.5 Å². The summed E-state index contributed by atoms with van der Waals surface area (Å²) < 4.78 is 9.44. The number of hydrogen-bond donors (Lipinski definition) is 0. The second kappa shape index (κ2) is 6.39. The van der Waals surface area contributed by atoms with Crippen LogP contribution in [0.2, 0.25) is 0 Å². The van der Waals surface area contributed by atoms with E-state index in [9.17, 15) is 0 Å². The lowest BCUT2D eigenvalue weighted by Gasteiger charge is -2.46. The standard InChI is InChI=1S/C12H20N4OS2/c1-17-5-2-11-13-12(19-14-11)16-8-10(9-16)15-3-6-18-7-4-15/h10H,2-9H2,1H3. The van der Waals surface area contributed by atoms with E-state index >= 15 is 0 Å². The van der Waals surface area contributed by atoms with Gasteiger partial charge < -0.3 is 9.64 Å². The largest absolute Gasteiger partial charge is 0.384 e. The monoisotopic (exact) mass is 300 g/mol. The van der Waals surface area contributed by atoms with Crippen molar-refractivity contribution in [1.29, 1.82) is 0 Å². The van der Waals surface area contributed by atoms with Crippen LogP contribution in [-0.2, 0) is 11.2 Å². The number of thioether (sulfide) groups is 1. The molecule has 7 heteroatoms. The van der Waals surface area contributed by atoms with Gasteiger partial charge in [0.15, 0.2) is 0 Å². The zero-order valence-corrected chi connectivity index (χ0v) is 12.9. The Morgan fingerprint density at radius 2 is 2.11 bits per heavy atom. The molecule has 0 amide bonds. The van der Waals surface area contributed by atoms with Crippen LogP contribution in [0, 0.1) is 0 Å². The normalized spacial score (nSPS) is 21.6. The first-order valence-corrected chi connectivity index (χ1v) is 8.68. The lowest BCUT2D eigenvalue weighted by Crippen LogP contribution is -2.61. The molecule has 0 unspecified atom stereocenters. The molecule has 3 rings (SSSR count). The number of hydrogen-bond acceptors (Lipinski definition) is 7. The van der Waals surface area contributed by atoms with Crippen LogP contribution < -0.4 is 4.90 Å². The quantitative estimate of drug-likeness (QED) is 0.807. The van der Waals surface area contributed by atoms with Crippen molar-refractivity contribution in [3.8, 4) is 0 Å². The van der Waals surface area contributed by atoms with Gasteiger partial charge in [0.2, 0.25) is 5.13 Å². The molecule has 5 nitrogen and oxygen atoms in total. The third-order valence-electron chi connectivity index (χ3n) is 3.68. The van der Waals surface area contributed by atoms with Crippen LogP contribution in [0.4, 0.5) is 5.13 Å². The minimum atomic E-state index is 0.699. The summed E-state index contributed by atoms with van der Waals surface area (Å²) in [6.45, 7) is 5.42. The third kappa shape index (κ3) is 3.21. The lowest BCUT2D eigenvalue weighted by atomic mass is 10.1. The number of rotatable bonds is 5. The van der Waals surface area contributed by atoms with E-state index < -0.39 is 0 Å². The van der Waals surface area contributed by atoms with Gasteiger partial charge in [-0.15, -0.1) is 0 Å². The van der Waals surface area contributed by atoms with Gasteiger partial charge in [0.05, 0.1) is 6.61 Å². The van der Waals surface area contributed by atoms with E-state index in [2.05, 4.69) is 30.9 Å². The molecule has 0 saturated carbocycles. The Hall–Kier alpha value is -0.370. The van der Waals surface area contributed by atoms with Gasteiger partial charge in [-0.1, -0.05) is 0 Å². The molecule has 2 aliphatic heterocycles. The van der Waals surface area contributed by atoms with Gasteiger partial charge in [-0.25, -0.2) is 4.98 Å². The Balaban J connectivity index is 1.48. The Kier molecular flexibility index (Phi) is 4.57. The van der Waals surface area contributed by atoms with Gasteiger partial charge >= 0.3 is 0 Å². The van der Waals surface area contributed by atoms with Crippen LogP contribution in [0.5, 0.6) is 0 Å². The van der Waals surface area contributed by atoms with Crippen LogP contribution in [0.15, 0.2) is 0 Å². The molecule has 0 spiro atoms. The zero-order valence-electron chi connectivity index (χ0n) is 11.2. The Bertz CT molecular complexity index is 402. The van der Waals surface area contributed by atoms with Gasteiger partial charge in [0, 0.05) is 68.8 Å². The molecule has 0 aromatic carbocycles. The molecule has 2 aliphatic rings. The van der Waals surface area contributed by atoms with E-state index in [-0.39, 0.29) is 0 Å². The molecule has 0 N–H and O–H groups in total. The predicted octanol–water partition coefficient (Wildman–Crippen LogP) is 0.964. The van der Waals surface area contributed by atoms with Crippen LogP contribution in [0.3, 0.4) is 0 Å². The number of ether oxygens (including phenoxy) is 1. The molecule has 19 heavy (non-hydrogen) atoms. The fourth-order valence-corrected chi connectivity index (χ4v) is 4.11. The van der Waals surface area contributed by atoms with Crippen LogP contribution in [-0.4, -0.2) is 71.7 Å². The molecule has 2 saturated heterocycles. The molecule has 1 aromatic heterocycles. The predicted molar refractivity (Wildman–Crippen MR) is 80.4 cm³/mol. The van der Waals surface area contributed by atoms with Crippen molar-refractivity contribution >= 4 is 28.4 Å². The maximum atomic E-state index is 5.05. The lowest BCUT2D eigenvalue weighted by molar-refractivity contribution is 0.183. The summed E-state index contributed by atoms with van der Waals surface area (Å²) in [6, 6.07) is 0.729. The summed E-state index contributed by atoms with van der Waals surface area (Å²) in [5.41, 5.74) is 0. The molecule has 1 aromatic rings. The summed E-state index contributed by atoms with van der Waals surface area (Å²) in [5, 5.41) is 1.08. The van der Waals surface area contributed by atoms with E-state index in [1.54, 1.807) is 7.11 Å². The second-order valence-electron chi connectivity index (χ2n) is 4.94. The Labute approximate surface area is 122 Å².